The maximum Gasteiger partial charge on any atom is 0.326 e. The van der Waals surface area contributed by atoms with Crippen molar-refractivity contribution in [2.24, 2.45) is 29.0 Å². The van der Waals surface area contributed by atoms with Crippen LogP contribution < -0.4 is 54.4 Å². The molecule has 1 heterocycles. The quantitative estimate of drug-likeness (QED) is 0.0279. The monoisotopic (exact) mass is 1000 g/mol. The lowest BCUT2D eigenvalue weighted by Gasteiger charge is -2.31. The Labute approximate surface area is 403 Å². The van der Waals surface area contributed by atoms with Crippen LogP contribution in [0.3, 0.4) is 0 Å². The van der Waals surface area contributed by atoms with Gasteiger partial charge in [0.1, 0.15) is 48.3 Å². The fraction of sp³-hybridized carbons (Fsp3) is 0.714. The molecule has 28 heteroatoms. The lowest BCUT2D eigenvalue weighted by Crippen LogP contribution is -2.62. The summed E-state index contributed by atoms with van der Waals surface area (Å²) in [7, 11) is 0. The number of aliphatic hydroxyl groups excluding tert-OH is 2. The third-order valence-electron chi connectivity index (χ3n) is 11.4. The largest absolute Gasteiger partial charge is 0.481 e. The zero-order valence-electron chi connectivity index (χ0n) is 39.9. The normalized spacial score (nSPS) is 17.6. The molecule has 1 aliphatic heterocycles. The van der Waals surface area contributed by atoms with E-state index in [-0.39, 0.29) is 45.2 Å². The molecule has 11 atom stereocenters. The number of nitrogens with zero attached hydrogens (tertiary/aromatic N) is 1. The molecule has 0 spiro atoms. The molecule has 0 bridgehead atoms. The average molecular weight is 1000 g/mol. The summed E-state index contributed by atoms with van der Waals surface area (Å²) in [6, 6.07) is -14.3. The first-order valence-corrected chi connectivity index (χ1v) is 22.8. The van der Waals surface area contributed by atoms with Crippen molar-refractivity contribution in [2.75, 3.05) is 19.7 Å². The van der Waals surface area contributed by atoms with Crippen molar-refractivity contribution in [1.82, 2.24) is 42.1 Å². The lowest BCUT2D eigenvalue weighted by atomic mass is 9.96. The highest BCUT2D eigenvalue weighted by molar-refractivity contribution is 5.99. The second-order valence-electron chi connectivity index (χ2n) is 17.4. The van der Waals surface area contributed by atoms with Crippen molar-refractivity contribution < 1.29 is 83.1 Å². The molecule has 1 saturated heterocycles. The van der Waals surface area contributed by atoms with Crippen LogP contribution in [-0.4, -0.2) is 182 Å². The van der Waals surface area contributed by atoms with Crippen LogP contribution in [0.5, 0.6) is 0 Å². The molecular formula is C42H71N11O17. The van der Waals surface area contributed by atoms with E-state index in [9.17, 15) is 83.1 Å². The van der Waals surface area contributed by atoms with Gasteiger partial charge in [-0.25, -0.2) is 4.79 Å². The summed E-state index contributed by atoms with van der Waals surface area (Å²) in [5, 5.41) is 65.2. The first-order chi connectivity index (χ1) is 32.7. The molecule has 396 valence electrons. The Morgan fingerprint density at radius 2 is 1.14 bits per heavy atom. The zero-order valence-corrected chi connectivity index (χ0v) is 39.9. The number of carboxylic acids is 3. The van der Waals surface area contributed by atoms with E-state index in [1.54, 1.807) is 6.92 Å². The lowest BCUT2D eigenvalue weighted by molar-refractivity contribution is -0.144. The molecule has 28 nitrogen and oxygen atoms in total. The number of amides is 9. The van der Waals surface area contributed by atoms with Gasteiger partial charge in [-0.1, -0.05) is 34.1 Å². The summed E-state index contributed by atoms with van der Waals surface area (Å²) in [4.78, 5) is 156. The zero-order chi connectivity index (χ0) is 53.6. The van der Waals surface area contributed by atoms with E-state index in [0.29, 0.717) is 19.3 Å². The van der Waals surface area contributed by atoms with Gasteiger partial charge in [-0.2, -0.15) is 0 Å². The summed E-state index contributed by atoms with van der Waals surface area (Å²) in [6.45, 7) is 6.54. The summed E-state index contributed by atoms with van der Waals surface area (Å²) in [6.07, 6.45) is -2.95. The number of unbranched alkanes of at least 4 members (excludes halogenated alkanes) is 1. The SMILES string of the molecule is CC[C@H](C)[C@H](NC(=O)[C@H](CC(=O)O)NC(=O)[C@@H](NC(=O)[C@@H]1CCCN1C(=O)[C@H](CO)NC(=O)[C@@H](N)CCC(N)=O)C(C)C)C(=O)N[C@@H](CC(=O)O)C(=O)N[C@H](C(=O)N[C@@H](CCCCN)C(=O)O)[C@@H](C)O. The van der Waals surface area contributed by atoms with E-state index >= 15 is 0 Å². The average Bonchev–Trinajstić information content (AvgIpc) is 3.78. The first kappa shape index (κ1) is 61.5. The molecule has 0 unspecified atom stereocenters. The van der Waals surface area contributed by atoms with Crippen molar-refractivity contribution in [2.45, 2.75) is 159 Å². The molecule has 0 aromatic carbocycles. The minimum absolute atomic E-state index is 0.00780. The van der Waals surface area contributed by atoms with Crippen LogP contribution in [-0.2, 0) is 57.5 Å². The molecule has 0 radical (unpaired) electrons. The predicted octanol–water partition coefficient (Wildman–Crippen LogP) is -5.80. The summed E-state index contributed by atoms with van der Waals surface area (Å²) >= 11 is 0. The second kappa shape index (κ2) is 30.2. The van der Waals surface area contributed by atoms with Gasteiger partial charge in [0, 0.05) is 13.0 Å². The number of likely N-dealkylation sites (tertiary alicyclic amines) is 1. The molecule has 18 N–H and O–H groups in total. The van der Waals surface area contributed by atoms with E-state index < -0.39 is 163 Å². The van der Waals surface area contributed by atoms with Crippen LogP contribution in [0.15, 0.2) is 0 Å². The third kappa shape index (κ3) is 20.2. The van der Waals surface area contributed by atoms with E-state index in [1.165, 1.54) is 20.8 Å². The number of aliphatic hydroxyl groups is 2. The van der Waals surface area contributed by atoms with Crippen LogP contribution in [0.4, 0.5) is 0 Å². The van der Waals surface area contributed by atoms with E-state index in [1.807, 2.05) is 0 Å². The number of carbonyl (C=O) groups is 12. The van der Waals surface area contributed by atoms with Gasteiger partial charge in [0.25, 0.3) is 0 Å². The first-order valence-electron chi connectivity index (χ1n) is 22.8. The van der Waals surface area contributed by atoms with Crippen LogP contribution in [0.2, 0.25) is 0 Å². The van der Waals surface area contributed by atoms with Gasteiger partial charge in [-0.15, -0.1) is 0 Å². The smallest absolute Gasteiger partial charge is 0.326 e. The van der Waals surface area contributed by atoms with Gasteiger partial charge in [0.2, 0.25) is 53.2 Å². The number of hydrogen-bond acceptors (Lipinski definition) is 16. The van der Waals surface area contributed by atoms with E-state index in [4.69, 9.17) is 17.2 Å². The number of carbonyl (C=O) groups excluding carboxylic acids is 9. The van der Waals surface area contributed by atoms with Crippen molar-refractivity contribution in [3.05, 3.63) is 0 Å². The minimum atomic E-state index is -1.97. The maximum absolute atomic E-state index is 13.8. The van der Waals surface area contributed by atoms with Gasteiger partial charge >= 0.3 is 17.9 Å². The van der Waals surface area contributed by atoms with Gasteiger partial charge in [0.15, 0.2) is 0 Å². The highest BCUT2D eigenvalue weighted by Crippen LogP contribution is 2.20. The molecule has 70 heavy (non-hydrogen) atoms. The summed E-state index contributed by atoms with van der Waals surface area (Å²) in [5.74, 6) is -15.4. The number of primary amides is 1. The van der Waals surface area contributed by atoms with E-state index in [2.05, 4.69) is 37.2 Å². The highest BCUT2D eigenvalue weighted by atomic mass is 16.4. The Balaban J connectivity index is 3.31. The van der Waals surface area contributed by atoms with E-state index in [0.717, 1.165) is 11.8 Å². The Hall–Kier alpha value is -6.52. The molecule has 0 saturated carbocycles. The van der Waals surface area contributed by atoms with Gasteiger partial charge < -0.3 is 84.9 Å². The second-order valence-corrected chi connectivity index (χ2v) is 17.4. The number of hydrogen-bond donors (Lipinski definition) is 15. The molecule has 0 aromatic rings. The number of nitrogens with two attached hydrogens (primary N) is 3. The van der Waals surface area contributed by atoms with Crippen LogP contribution >= 0.6 is 0 Å². The van der Waals surface area contributed by atoms with Crippen LogP contribution in [0.25, 0.3) is 0 Å². The Bertz CT molecular complexity index is 1890. The fourth-order valence-electron chi connectivity index (χ4n) is 7.10. The molecule has 1 aliphatic rings. The summed E-state index contributed by atoms with van der Waals surface area (Å²) in [5.41, 5.74) is 16.3. The van der Waals surface area contributed by atoms with Crippen molar-refractivity contribution >= 4 is 71.1 Å². The third-order valence-corrected chi connectivity index (χ3v) is 11.4. The van der Waals surface area contributed by atoms with Gasteiger partial charge in [-0.3, -0.25) is 52.7 Å². The topological polar surface area (TPSA) is 471 Å². The number of rotatable bonds is 32. The van der Waals surface area contributed by atoms with Crippen molar-refractivity contribution in [1.29, 1.82) is 0 Å². The molecule has 1 fully saturated rings. The summed E-state index contributed by atoms with van der Waals surface area (Å²) < 4.78 is 0. The maximum atomic E-state index is 13.8. The Morgan fingerprint density at radius 1 is 0.643 bits per heavy atom. The molecule has 0 aromatic heterocycles. The predicted molar refractivity (Wildman–Crippen MR) is 243 cm³/mol. The number of nitrogens with one attached hydrogen (secondary N) is 7. The minimum Gasteiger partial charge on any atom is -0.481 e. The van der Waals surface area contributed by atoms with Gasteiger partial charge in [-0.05, 0) is 63.8 Å². The van der Waals surface area contributed by atoms with Crippen LogP contribution in [0, 0.1) is 11.8 Å². The Kier molecular flexibility index (Phi) is 26.5. The molecular weight excluding hydrogens is 931 g/mol. The number of carboxylic acid groups (broad SMARTS) is 3. The van der Waals surface area contributed by atoms with Crippen LogP contribution in [0.1, 0.15) is 98.8 Å². The van der Waals surface area contributed by atoms with Gasteiger partial charge in [0.05, 0.1) is 31.6 Å². The highest BCUT2D eigenvalue weighted by Gasteiger charge is 2.41. The number of aliphatic carboxylic acids is 3. The molecule has 1 rings (SSSR count). The fourth-order valence-corrected chi connectivity index (χ4v) is 7.10. The van der Waals surface area contributed by atoms with Crippen molar-refractivity contribution in [3.63, 3.8) is 0 Å². The standard InChI is InChI=1S/C42H71N11O17/c1-6-20(4)32(39(66)48-25(17-30(59)60)36(63)52-33(21(5)55)40(67)46-23(42(69)70)10-7-8-14-43)51-35(62)24(16-29(57)58)47-38(65)31(19(2)3)50-37(64)27-11-9-15-53(27)41(68)26(18-54)49-34(61)22(44)12-13-28(45)56/h19-27,31-33,54-55H,6-18,43-44H2,1-5H3,(H2,45,56)(H,46,67)(H,47,65)(H,48,66)(H,49,61)(H,50,64)(H,51,62)(H,52,63)(H,57,58)(H,59,60)(H,69,70)/t20-,21+,22-,23-,24-,25-,26-,27-,31-,32-,33-/m0/s1. The van der Waals surface area contributed by atoms with Crippen molar-refractivity contribution in [3.8, 4) is 0 Å². The Morgan fingerprint density at radius 3 is 1.60 bits per heavy atom. The molecule has 9 amide bonds. The molecule has 0 aliphatic carbocycles.